The molecule has 1 aliphatic heterocycles. The summed E-state index contributed by atoms with van der Waals surface area (Å²) in [6, 6.07) is 11.9. The number of para-hydroxylation sites is 1. The molecule has 4 rings (SSSR count). The molecule has 134 valence electrons. The second kappa shape index (κ2) is 7.17. The van der Waals surface area contributed by atoms with Gasteiger partial charge >= 0.3 is 0 Å². The zero-order chi connectivity index (χ0) is 17.9. The highest BCUT2D eigenvalue weighted by atomic mass is 16.1. The number of rotatable bonds is 5. The van der Waals surface area contributed by atoms with Crippen LogP contribution < -0.4 is 10.6 Å². The van der Waals surface area contributed by atoms with Crippen molar-refractivity contribution in [2.24, 2.45) is 5.73 Å². The van der Waals surface area contributed by atoms with Gasteiger partial charge in [0.2, 0.25) is 0 Å². The van der Waals surface area contributed by atoms with E-state index in [-0.39, 0.29) is 0 Å². The molecule has 2 aromatic heterocycles. The van der Waals surface area contributed by atoms with Crippen LogP contribution in [-0.2, 0) is 6.42 Å². The predicted octanol–water partition coefficient (Wildman–Crippen LogP) is 2.03. The molecule has 0 saturated carbocycles. The first kappa shape index (κ1) is 16.6. The number of benzene rings is 1. The molecule has 6 nitrogen and oxygen atoms in total. The molecule has 1 aliphatic rings. The van der Waals surface area contributed by atoms with Gasteiger partial charge < -0.3 is 15.6 Å². The lowest BCUT2D eigenvalue weighted by molar-refractivity contribution is 0.1000. The summed E-state index contributed by atoms with van der Waals surface area (Å²) in [6.07, 6.45) is 4.86. The van der Waals surface area contributed by atoms with Gasteiger partial charge in [-0.1, -0.05) is 18.2 Å². The third-order valence-corrected chi connectivity index (χ3v) is 5.10. The van der Waals surface area contributed by atoms with E-state index in [2.05, 4.69) is 50.2 Å². The highest BCUT2D eigenvalue weighted by Gasteiger charge is 2.21. The average Bonchev–Trinajstić information content (AvgIpc) is 3.10. The second-order valence-corrected chi connectivity index (χ2v) is 6.68. The Hall–Kier alpha value is -2.86. The van der Waals surface area contributed by atoms with Crippen molar-refractivity contribution in [3.8, 4) is 0 Å². The van der Waals surface area contributed by atoms with Gasteiger partial charge in [0.15, 0.2) is 0 Å². The number of aromatic amines is 1. The van der Waals surface area contributed by atoms with E-state index in [0.717, 1.165) is 39.1 Å². The Balaban J connectivity index is 1.36. The summed E-state index contributed by atoms with van der Waals surface area (Å²) in [6.45, 7) is 4.64. The minimum Gasteiger partial charge on any atom is -0.365 e. The Kier molecular flexibility index (Phi) is 4.58. The highest BCUT2D eigenvalue weighted by Crippen LogP contribution is 2.20. The van der Waals surface area contributed by atoms with Gasteiger partial charge in [0.05, 0.1) is 5.56 Å². The minimum atomic E-state index is -0.421. The van der Waals surface area contributed by atoms with Crippen molar-refractivity contribution < 1.29 is 4.79 Å². The number of aromatic nitrogens is 2. The lowest BCUT2D eigenvalue weighted by Gasteiger charge is -2.35. The molecule has 0 aliphatic carbocycles. The summed E-state index contributed by atoms with van der Waals surface area (Å²) in [5.74, 6) is 0.283. The molecule has 1 amide bonds. The standard InChI is InChI=1S/C20H23N5O/c21-19(26)17-5-3-8-22-20(17)25-12-10-24(11-13-25)9-7-15-14-23-18-6-2-1-4-16(15)18/h1-6,8,14,23H,7,9-13H2,(H2,21,26). The smallest absolute Gasteiger partial charge is 0.252 e. The fourth-order valence-corrected chi connectivity index (χ4v) is 3.64. The normalized spacial score (nSPS) is 15.5. The molecule has 1 saturated heterocycles. The van der Waals surface area contributed by atoms with Crippen molar-refractivity contribution in [1.82, 2.24) is 14.9 Å². The first-order chi connectivity index (χ1) is 12.7. The number of carbonyl (C=O) groups is 1. The number of anilines is 1. The van der Waals surface area contributed by atoms with Crippen LogP contribution in [0.5, 0.6) is 0 Å². The Morgan fingerprint density at radius 1 is 1.12 bits per heavy atom. The number of H-pyrrole nitrogens is 1. The first-order valence-corrected chi connectivity index (χ1v) is 8.99. The van der Waals surface area contributed by atoms with Crippen LogP contribution in [0.1, 0.15) is 15.9 Å². The van der Waals surface area contributed by atoms with Gasteiger partial charge in [-0.3, -0.25) is 9.69 Å². The van der Waals surface area contributed by atoms with Crippen LogP contribution in [0.25, 0.3) is 10.9 Å². The molecule has 0 unspecified atom stereocenters. The van der Waals surface area contributed by atoms with Crippen molar-refractivity contribution in [3.05, 3.63) is 59.9 Å². The summed E-state index contributed by atoms with van der Waals surface area (Å²) < 4.78 is 0. The Labute approximate surface area is 152 Å². The quantitative estimate of drug-likeness (QED) is 0.739. The van der Waals surface area contributed by atoms with Crippen LogP contribution in [0.4, 0.5) is 5.82 Å². The Morgan fingerprint density at radius 2 is 1.92 bits per heavy atom. The van der Waals surface area contributed by atoms with E-state index in [0.29, 0.717) is 11.4 Å². The minimum absolute atomic E-state index is 0.421. The maximum absolute atomic E-state index is 11.6. The van der Waals surface area contributed by atoms with Crippen molar-refractivity contribution >= 4 is 22.6 Å². The van der Waals surface area contributed by atoms with Gasteiger partial charge in [-0.2, -0.15) is 0 Å². The van der Waals surface area contributed by atoms with E-state index >= 15 is 0 Å². The molecule has 1 aromatic carbocycles. The SMILES string of the molecule is NC(=O)c1cccnc1N1CCN(CCc2c[nH]c3ccccc23)CC1. The van der Waals surface area contributed by atoms with Crippen LogP contribution >= 0.6 is 0 Å². The third kappa shape index (κ3) is 3.28. The molecule has 3 heterocycles. The molecule has 0 radical (unpaired) electrons. The molecule has 3 aromatic rings. The van der Waals surface area contributed by atoms with Crippen LogP contribution in [0.3, 0.4) is 0 Å². The fraction of sp³-hybridized carbons (Fsp3) is 0.300. The third-order valence-electron chi connectivity index (χ3n) is 5.10. The van der Waals surface area contributed by atoms with Crippen LogP contribution in [0, 0.1) is 0 Å². The molecule has 0 atom stereocenters. The monoisotopic (exact) mass is 349 g/mol. The molecule has 0 spiro atoms. The lowest BCUT2D eigenvalue weighted by atomic mass is 10.1. The fourth-order valence-electron chi connectivity index (χ4n) is 3.64. The van der Waals surface area contributed by atoms with Crippen LogP contribution in [-0.4, -0.2) is 53.5 Å². The summed E-state index contributed by atoms with van der Waals surface area (Å²) in [5, 5.41) is 1.31. The number of nitrogens with two attached hydrogens (primary N) is 1. The van der Waals surface area contributed by atoms with Crippen LogP contribution in [0.15, 0.2) is 48.8 Å². The predicted molar refractivity (Wildman–Crippen MR) is 103 cm³/mol. The molecular weight excluding hydrogens is 326 g/mol. The second-order valence-electron chi connectivity index (χ2n) is 6.68. The molecule has 26 heavy (non-hydrogen) atoms. The number of hydrogen-bond acceptors (Lipinski definition) is 4. The summed E-state index contributed by atoms with van der Waals surface area (Å²) >= 11 is 0. The van der Waals surface area contributed by atoms with Crippen LogP contribution in [0.2, 0.25) is 0 Å². The average molecular weight is 349 g/mol. The van der Waals surface area contributed by atoms with Gasteiger partial charge in [-0.25, -0.2) is 4.98 Å². The number of amides is 1. The van der Waals surface area contributed by atoms with Gasteiger partial charge in [0.1, 0.15) is 5.82 Å². The highest BCUT2D eigenvalue weighted by molar-refractivity contribution is 5.97. The van der Waals surface area contributed by atoms with E-state index in [1.807, 2.05) is 0 Å². The number of pyridine rings is 1. The van der Waals surface area contributed by atoms with Gasteiger partial charge in [-0.05, 0) is 30.2 Å². The number of piperazine rings is 1. The van der Waals surface area contributed by atoms with Gasteiger partial charge in [0, 0.05) is 56.0 Å². The first-order valence-electron chi connectivity index (χ1n) is 8.99. The number of carbonyl (C=O) groups excluding carboxylic acids is 1. The number of nitrogens with one attached hydrogen (secondary N) is 1. The van der Waals surface area contributed by atoms with Crippen molar-refractivity contribution in [1.29, 1.82) is 0 Å². The molecule has 3 N–H and O–H groups in total. The van der Waals surface area contributed by atoms with Crippen molar-refractivity contribution in [2.45, 2.75) is 6.42 Å². The number of hydrogen-bond donors (Lipinski definition) is 2. The maximum Gasteiger partial charge on any atom is 0.252 e. The molecule has 6 heteroatoms. The van der Waals surface area contributed by atoms with Gasteiger partial charge in [-0.15, -0.1) is 0 Å². The Morgan fingerprint density at radius 3 is 2.73 bits per heavy atom. The van der Waals surface area contributed by atoms with Crippen molar-refractivity contribution in [2.75, 3.05) is 37.6 Å². The van der Waals surface area contributed by atoms with E-state index < -0.39 is 5.91 Å². The molecule has 0 bridgehead atoms. The summed E-state index contributed by atoms with van der Waals surface area (Å²) in [5.41, 5.74) is 8.54. The molecular formula is C20H23N5O. The number of primary amides is 1. The Bertz CT molecular complexity index is 911. The summed E-state index contributed by atoms with van der Waals surface area (Å²) in [4.78, 5) is 23.9. The number of nitrogens with zero attached hydrogens (tertiary/aromatic N) is 3. The topological polar surface area (TPSA) is 78.2 Å². The maximum atomic E-state index is 11.6. The van der Waals surface area contributed by atoms with Crippen molar-refractivity contribution in [3.63, 3.8) is 0 Å². The van der Waals surface area contributed by atoms with Gasteiger partial charge in [0.25, 0.3) is 5.91 Å². The molecule has 1 fully saturated rings. The van der Waals surface area contributed by atoms with E-state index in [4.69, 9.17) is 5.73 Å². The van der Waals surface area contributed by atoms with E-state index in [9.17, 15) is 4.79 Å². The largest absolute Gasteiger partial charge is 0.365 e. The zero-order valence-electron chi connectivity index (χ0n) is 14.7. The van der Waals surface area contributed by atoms with E-state index in [1.54, 1.807) is 18.3 Å². The zero-order valence-corrected chi connectivity index (χ0v) is 14.7. The lowest BCUT2D eigenvalue weighted by Crippen LogP contribution is -2.47. The summed E-state index contributed by atoms with van der Waals surface area (Å²) in [7, 11) is 0. The van der Waals surface area contributed by atoms with E-state index in [1.165, 1.54) is 16.5 Å². The number of fused-ring (bicyclic) bond motifs is 1.